The molecule has 0 unspecified atom stereocenters. The SMILES string of the molecule is O=C1N[C@H](c2ccc3ncccc3c2)[C@H](C(=O)c2cccs2)[C@@](O)(C(F)(F)F)N1. The van der Waals surface area contributed by atoms with Crippen molar-refractivity contribution in [2.75, 3.05) is 0 Å². The number of carbonyl (C=O) groups excluding carboxylic acids is 2. The lowest BCUT2D eigenvalue weighted by atomic mass is 9.78. The summed E-state index contributed by atoms with van der Waals surface area (Å²) in [6.45, 7) is 0. The second kappa shape index (κ2) is 6.82. The number of rotatable bonds is 3. The van der Waals surface area contributed by atoms with Crippen molar-refractivity contribution in [2.45, 2.75) is 17.9 Å². The van der Waals surface area contributed by atoms with Crippen LogP contribution in [0.3, 0.4) is 0 Å². The van der Waals surface area contributed by atoms with Gasteiger partial charge in [-0.3, -0.25) is 9.78 Å². The maximum Gasteiger partial charge on any atom is 0.437 e. The smallest absolute Gasteiger partial charge is 0.363 e. The van der Waals surface area contributed by atoms with Gasteiger partial charge in [-0.15, -0.1) is 11.3 Å². The molecule has 150 valence electrons. The van der Waals surface area contributed by atoms with Crippen molar-refractivity contribution in [1.29, 1.82) is 0 Å². The lowest BCUT2D eigenvalue weighted by molar-refractivity contribution is -0.287. The Morgan fingerprint density at radius 3 is 2.69 bits per heavy atom. The van der Waals surface area contributed by atoms with Crippen LogP contribution in [0.1, 0.15) is 21.3 Å². The minimum atomic E-state index is -5.28. The molecule has 1 saturated heterocycles. The number of aromatic nitrogens is 1. The average Bonchev–Trinajstić information content (AvgIpc) is 3.20. The first-order valence-electron chi connectivity index (χ1n) is 8.51. The predicted octanol–water partition coefficient (Wildman–Crippen LogP) is 3.40. The summed E-state index contributed by atoms with van der Waals surface area (Å²) >= 11 is 0.958. The van der Waals surface area contributed by atoms with Crippen LogP contribution < -0.4 is 10.6 Å². The van der Waals surface area contributed by atoms with E-state index in [0.29, 0.717) is 10.9 Å². The van der Waals surface area contributed by atoms with Crippen molar-refractivity contribution in [3.05, 3.63) is 64.5 Å². The molecule has 4 rings (SSSR count). The van der Waals surface area contributed by atoms with Crippen LogP contribution in [0.25, 0.3) is 10.9 Å². The predicted molar refractivity (Wildman–Crippen MR) is 99.3 cm³/mol. The highest BCUT2D eigenvalue weighted by atomic mass is 32.1. The number of thiophene rings is 1. The number of Topliss-reactive ketones (excluding diaryl/α,β-unsaturated/α-hetero) is 1. The third-order valence-corrected chi connectivity index (χ3v) is 5.72. The molecule has 3 aromatic rings. The van der Waals surface area contributed by atoms with E-state index < -0.39 is 35.7 Å². The summed E-state index contributed by atoms with van der Waals surface area (Å²) in [7, 11) is 0. The molecule has 10 heteroatoms. The molecule has 3 atom stereocenters. The van der Waals surface area contributed by atoms with Gasteiger partial charge in [0.1, 0.15) is 5.92 Å². The van der Waals surface area contributed by atoms with E-state index in [-0.39, 0.29) is 10.4 Å². The second-order valence-corrected chi connectivity index (χ2v) is 7.56. The third kappa shape index (κ3) is 3.23. The van der Waals surface area contributed by atoms with Crippen LogP contribution in [0.15, 0.2) is 54.0 Å². The summed E-state index contributed by atoms with van der Waals surface area (Å²) in [6.07, 6.45) is -3.71. The molecule has 1 aromatic carbocycles. The largest absolute Gasteiger partial charge is 0.437 e. The number of benzene rings is 1. The number of halogens is 3. The summed E-state index contributed by atoms with van der Waals surface area (Å²) in [5.74, 6) is -2.96. The Labute approximate surface area is 166 Å². The Balaban J connectivity index is 1.88. The number of aliphatic hydroxyl groups is 1. The summed E-state index contributed by atoms with van der Waals surface area (Å²) < 4.78 is 41.5. The molecule has 3 heterocycles. The van der Waals surface area contributed by atoms with Crippen LogP contribution in [0, 0.1) is 5.92 Å². The Hall–Kier alpha value is -2.98. The van der Waals surface area contributed by atoms with Gasteiger partial charge in [-0.05, 0) is 35.2 Å². The highest BCUT2D eigenvalue weighted by Gasteiger charge is 2.66. The van der Waals surface area contributed by atoms with E-state index in [1.54, 1.807) is 35.8 Å². The van der Waals surface area contributed by atoms with Crippen LogP contribution >= 0.6 is 11.3 Å². The second-order valence-electron chi connectivity index (χ2n) is 6.62. The van der Waals surface area contributed by atoms with Gasteiger partial charge in [-0.1, -0.05) is 18.2 Å². The molecule has 29 heavy (non-hydrogen) atoms. The maximum absolute atomic E-state index is 13.8. The zero-order chi connectivity index (χ0) is 20.8. The topological polar surface area (TPSA) is 91.3 Å². The molecule has 0 radical (unpaired) electrons. The van der Waals surface area contributed by atoms with Gasteiger partial charge in [0, 0.05) is 11.6 Å². The molecule has 1 aliphatic heterocycles. The summed E-state index contributed by atoms with van der Waals surface area (Å²) in [6, 6.07) is 8.25. The van der Waals surface area contributed by atoms with Crippen molar-refractivity contribution in [1.82, 2.24) is 15.6 Å². The lowest BCUT2D eigenvalue weighted by Gasteiger charge is -2.44. The van der Waals surface area contributed by atoms with E-state index in [9.17, 15) is 27.9 Å². The standard InChI is InChI=1S/C19H14F3N3O3S/c20-19(21,22)18(28)14(16(26)13-4-2-8-29-13)15(24-17(27)25-18)11-5-6-12-10(9-11)3-1-7-23-12/h1-9,14-15,28H,(H2,24,25,27)/t14-,15-,18-/m1/s1. The number of hydrogen-bond acceptors (Lipinski definition) is 5. The zero-order valence-corrected chi connectivity index (χ0v) is 15.4. The number of ketones is 1. The van der Waals surface area contributed by atoms with E-state index in [2.05, 4.69) is 10.3 Å². The molecule has 3 N–H and O–H groups in total. The summed E-state index contributed by atoms with van der Waals surface area (Å²) in [5, 5.41) is 16.6. The molecule has 1 aliphatic rings. The fraction of sp³-hybridized carbons (Fsp3) is 0.211. The van der Waals surface area contributed by atoms with Crippen molar-refractivity contribution in [3.8, 4) is 0 Å². The van der Waals surface area contributed by atoms with E-state index >= 15 is 0 Å². The molecule has 0 aliphatic carbocycles. The van der Waals surface area contributed by atoms with E-state index in [1.165, 1.54) is 23.5 Å². The molecule has 0 spiro atoms. The number of fused-ring (bicyclic) bond motifs is 1. The number of hydrogen-bond donors (Lipinski definition) is 3. The Morgan fingerprint density at radius 1 is 1.21 bits per heavy atom. The quantitative estimate of drug-likeness (QED) is 0.566. The average molecular weight is 421 g/mol. The zero-order valence-electron chi connectivity index (χ0n) is 14.6. The highest BCUT2D eigenvalue weighted by molar-refractivity contribution is 7.12. The Morgan fingerprint density at radius 2 is 2.00 bits per heavy atom. The highest BCUT2D eigenvalue weighted by Crippen LogP contribution is 2.44. The fourth-order valence-corrected chi connectivity index (χ4v) is 4.18. The van der Waals surface area contributed by atoms with Gasteiger partial charge in [0.05, 0.1) is 16.4 Å². The van der Waals surface area contributed by atoms with Gasteiger partial charge in [0.15, 0.2) is 5.78 Å². The van der Waals surface area contributed by atoms with E-state index in [1.807, 2.05) is 0 Å². The first-order valence-corrected chi connectivity index (χ1v) is 9.39. The molecule has 2 aromatic heterocycles. The van der Waals surface area contributed by atoms with E-state index in [4.69, 9.17) is 0 Å². The molecule has 2 amide bonds. The van der Waals surface area contributed by atoms with Crippen LogP contribution in [0.5, 0.6) is 0 Å². The van der Waals surface area contributed by atoms with Crippen LogP contribution in [0.4, 0.5) is 18.0 Å². The van der Waals surface area contributed by atoms with Crippen molar-refractivity contribution in [3.63, 3.8) is 0 Å². The van der Waals surface area contributed by atoms with E-state index in [0.717, 1.165) is 11.3 Å². The number of alkyl halides is 3. The molecular formula is C19H14F3N3O3S. The molecule has 6 nitrogen and oxygen atoms in total. The minimum absolute atomic E-state index is 0.0445. The van der Waals surface area contributed by atoms with Gasteiger partial charge in [-0.2, -0.15) is 13.2 Å². The van der Waals surface area contributed by atoms with Crippen LogP contribution in [-0.2, 0) is 0 Å². The van der Waals surface area contributed by atoms with Gasteiger partial charge in [-0.25, -0.2) is 4.79 Å². The number of urea groups is 1. The summed E-state index contributed by atoms with van der Waals surface area (Å²) in [5.41, 5.74) is -2.88. The third-order valence-electron chi connectivity index (χ3n) is 4.84. The monoisotopic (exact) mass is 421 g/mol. The molecule has 0 saturated carbocycles. The van der Waals surface area contributed by atoms with Crippen molar-refractivity contribution in [2.24, 2.45) is 5.92 Å². The van der Waals surface area contributed by atoms with Crippen molar-refractivity contribution < 1.29 is 27.9 Å². The molecular weight excluding hydrogens is 407 g/mol. The van der Waals surface area contributed by atoms with Crippen molar-refractivity contribution >= 4 is 34.1 Å². The first-order chi connectivity index (χ1) is 13.7. The number of carbonyl (C=O) groups is 2. The molecule has 1 fully saturated rings. The summed E-state index contributed by atoms with van der Waals surface area (Å²) in [4.78, 5) is 29.2. The number of pyridine rings is 1. The lowest BCUT2D eigenvalue weighted by Crippen LogP contribution is -2.72. The van der Waals surface area contributed by atoms with Gasteiger partial charge >= 0.3 is 12.2 Å². The minimum Gasteiger partial charge on any atom is -0.363 e. The normalized spacial score (nSPS) is 24.8. The fourth-order valence-electron chi connectivity index (χ4n) is 3.48. The number of nitrogens with zero attached hydrogens (tertiary/aromatic N) is 1. The van der Waals surface area contributed by atoms with Crippen LogP contribution in [-0.4, -0.2) is 33.8 Å². The first kappa shape index (κ1) is 19.3. The number of nitrogens with one attached hydrogen (secondary N) is 2. The van der Waals surface area contributed by atoms with Gasteiger partial charge < -0.3 is 15.7 Å². The van der Waals surface area contributed by atoms with Crippen LogP contribution in [0.2, 0.25) is 0 Å². The maximum atomic E-state index is 13.8. The molecule has 0 bridgehead atoms. The Bertz CT molecular complexity index is 1090. The van der Waals surface area contributed by atoms with Gasteiger partial charge in [0.25, 0.3) is 0 Å². The Kier molecular flexibility index (Phi) is 4.55. The van der Waals surface area contributed by atoms with Gasteiger partial charge in [0.2, 0.25) is 5.72 Å². The number of amides is 2.